The van der Waals surface area contributed by atoms with E-state index in [0.717, 1.165) is 0 Å². The van der Waals surface area contributed by atoms with Crippen molar-refractivity contribution in [1.82, 2.24) is 4.98 Å². The minimum atomic E-state index is -0.523. The molecule has 1 amide bonds. The third-order valence-corrected chi connectivity index (χ3v) is 2.54. The molecule has 2 N–H and O–H groups in total. The first-order chi connectivity index (χ1) is 8.66. The number of benzene rings is 1. The summed E-state index contributed by atoms with van der Waals surface area (Å²) < 4.78 is 5.52. The van der Waals surface area contributed by atoms with Crippen LogP contribution in [0.5, 0.6) is 5.75 Å². The summed E-state index contributed by atoms with van der Waals surface area (Å²) in [6.07, 6.45) is 1.60. The predicted octanol–water partition coefficient (Wildman–Crippen LogP) is 2.41. The topological polar surface area (TPSA) is 65.2 Å². The van der Waals surface area contributed by atoms with E-state index in [0.29, 0.717) is 22.0 Å². The fraction of sp³-hybridized carbons (Fsp3) is 0.0769. The van der Waals surface area contributed by atoms with Gasteiger partial charge in [0.2, 0.25) is 0 Å². The molecule has 2 aromatic rings. The van der Waals surface area contributed by atoms with Crippen LogP contribution in [-0.4, -0.2) is 10.9 Å². The second-order valence-electron chi connectivity index (χ2n) is 3.61. The van der Waals surface area contributed by atoms with Gasteiger partial charge in [0.15, 0.2) is 0 Å². The lowest BCUT2D eigenvalue weighted by molar-refractivity contribution is 0.0996. The third-order valence-electron chi connectivity index (χ3n) is 2.31. The van der Waals surface area contributed by atoms with Gasteiger partial charge in [0.05, 0.1) is 11.3 Å². The average molecular weight is 263 g/mol. The van der Waals surface area contributed by atoms with Gasteiger partial charge in [-0.2, -0.15) is 0 Å². The van der Waals surface area contributed by atoms with Crippen molar-refractivity contribution in [3.05, 3.63) is 58.9 Å². The van der Waals surface area contributed by atoms with Gasteiger partial charge in [0.25, 0.3) is 5.91 Å². The van der Waals surface area contributed by atoms with Gasteiger partial charge < -0.3 is 10.5 Å². The molecule has 0 spiro atoms. The van der Waals surface area contributed by atoms with E-state index in [4.69, 9.17) is 22.1 Å². The van der Waals surface area contributed by atoms with Crippen molar-refractivity contribution >= 4 is 17.5 Å². The van der Waals surface area contributed by atoms with Crippen LogP contribution in [0, 0.1) is 0 Å². The molecular formula is C13H11ClN2O2. The Bertz CT molecular complexity index is 572. The highest BCUT2D eigenvalue weighted by Crippen LogP contribution is 2.18. The Kier molecular flexibility index (Phi) is 3.79. The molecule has 0 saturated carbocycles. The van der Waals surface area contributed by atoms with Crippen molar-refractivity contribution in [2.45, 2.75) is 6.61 Å². The smallest absolute Gasteiger partial charge is 0.252 e. The molecule has 92 valence electrons. The Morgan fingerprint density at radius 3 is 2.83 bits per heavy atom. The van der Waals surface area contributed by atoms with Crippen molar-refractivity contribution in [3.8, 4) is 5.75 Å². The van der Waals surface area contributed by atoms with Crippen LogP contribution in [0.15, 0.2) is 42.6 Å². The molecule has 18 heavy (non-hydrogen) atoms. The van der Waals surface area contributed by atoms with E-state index in [1.54, 1.807) is 42.6 Å². The molecule has 0 saturated heterocycles. The SMILES string of the molecule is NC(=O)c1ccccc1OCc1cc(Cl)ccn1. The van der Waals surface area contributed by atoms with Crippen LogP contribution in [0.1, 0.15) is 16.1 Å². The highest BCUT2D eigenvalue weighted by atomic mass is 35.5. The highest BCUT2D eigenvalue weighted by molar-refractivity contribution is 6.30. The lowest BCUT2D eigenvalue weighted by Crippen LogP contribution is -2.13. The van der Waals surface area contributed by atoms with E-state index in [-0.39, 0.29) is 6.61 Å². The molecule has 0 bridgehead atoms. The molecule has 2 rings (SSSR count). The number of amides is 1. The van der Waals surface area contributed by atoms with Crippen LogP contribution in [-0.2, 0) is 6.61 Å². The minimum Gasteiger partial charge on any atom is -0.486 e. The second-order valence-corrected chi connectivity index (χ2v) is 4.05. The summed E-state index contributed by atoms with van der Waals surface area (Å²) in [5.74, 6) is -0.0866. The summed E-state index contributed by atoms with van der Waals surface area (Å²) in [7, 11) is 0. The fourth-order valence-corrected chi connectivity index (χ4v) is 1.66. The number of aromatic nitrogens is 1. The van der Waals surface area contributed by atoms with Crippen molar-refractivity contribution in [1.29, 1.82) is 0 Å². The van der Waals surface area contributed by atoms with Crippen LogP contribution in [0.3, 0.4) is 0 Å². The monoisotopic (exact) mass is 262 g/mol. The van der Waals surface area contributed by atoms with Crippen molar-refractivity contribution < 1.29 is 9.53 Å². The number of hydrogen-bond donors (Lipinski definition) is 1. The van der Waals surface area contributed by atoms with Crippen molar-refractivity contribution in [2.24, 2.45) is 5.73 Å². The quantitative estimate of drug-likeness (QED) is 0.920. The Hall–Kier alpha value is -2.07. The lowest BCUT2D eigenvalue weighted by Gasteiger charge is -2.08. The Morgan fingerprint density at radius 1 is 1.33 bits per heavy atom. The first-order valence-electron chi connectivity index (χ1n) is 5.29. The van der Waals surface area contributed by atoms with Gasteiger partial charge in [-0.3, -0.25) is 9.78 Å². The zero-order valence-corrected chi connectivity index (χ0v) is 10.2. The van der Waals surface area contributed by atoms with E-state index in [1.165, 1.54) is 0 Å². The number of ether oxygens (including phenoxy) is 1. The molecule has 5 heteroatoms. The molecule has 0 radical (unpaired) electrons. The number of nitrogens with two attached hydrogens (primary N) is 1. The number of carbonyl (C=O) groups excluding carboxylic acids is 1. The maximum Gasteiger partial charge on any atom is 0.252 e. The van der Waals surface area contributed by atoms with Crippen LogP contribution in [0.4, 0.5) is 0 Å². The van der Waals surface area contributed by atoms with Crippen molar-refractivity contribution in [3.63, 3.8) is 0 Å². The maximum atomic E-state index is 11.2. The highest BCUT2D eigenvalue weighted by Gasteiger charge is 2.08. The molecular weight excluding hydrogens is 252 g/mol. The van der Waals surface area contributed by atoms with E-state index >= 15 is 0 Å². The van der Waals surface area contributed by atoms with Crippen LogP contribution < -0.4 is 10.5 Å². The molecule has 1 aromatic carbocycles. The molecule has 0 atom stereocenters. The number of nitrogens with zero attached hydrogens (tertiary/aromatic N) is 1. The summed E-state index contributed by atoms with van der Waals surface area (Å²) in [6.45, 7) is 0.227. The van der Waals surface area contributed by atoms with Gasteiger partial charge in [0, 0.05) is 11.2 Å². The number of primary amides is 1. The normalized spacial score (nSPS) is 10.1. The van der Waals surface area contributed by atoms with E-state index in [9.17, 15) is 4.79 Å². The molecule has 0 fully saturated rings. The second kappa shape index (κ2) is 5.51. The largest absolute Gasteiger partial charge is 0.486 e. The van der Waals surface area contributed by atoms with Crippen molar-refractivity contribution in [2.75, 3.05) is 0 Å². The number of pyridine rings is 1. The lowest BCUT2D eigenvalue weighted by atomic mass is 10.2. The van der Waals surface area contributed by atoms with E-state index < -0.39 is 5.91 Å². The molecule has 1 heterocycles. The van der Waals surface area contributed by atoms with Gasteiger partial charge in [-0.05, 0) is 24.3 Å². The van der Waals surface area contributed by atoms with Gasteiger partial charge >= 0.3 is 0 Å². The Balaban J connectivity index is 2.13. The van der Waals surface area contributed by atoms with Crippen LogP contribution >= 0.6 is 11.6 Å². The first-order valence-corrected chi connectivity index (χ1v) is 5.66. The Labute approximate surface area is 109 Å². The van der Waals surface area contributed by atoms with Crippen LogP contribution in [0.2, 0.25) is 5.02 Å². The van der Waals surface area contributed by atoms with Gasteiger partial charge in [0.1, 0.15) is 12.4 Å². The zero-order valence-electron chi connectivity index (χ0n) is 9.47. The maximum absolute atomic E-state index is 11.2. The molecule has 0 aliphatic carbocycles. The molecule has 1 aromatic heterocycles. The molecule has 0 unspecified atom stereocenters. The fourth-order valence-electron chi connectivity index (χ4n) is 1.48. The summed E-state index contributed by atoms with van der Waals surface area (Å²) in [6, 6.07) is 10.2. The Morgan fingerprint density at radius 2 is 2.11 bits per heavy atom. The number of halogens is 1. The standard InChI is InChI=1S/C13H11ClN2O2/c14-9-5-6-16-10(7-9)8-18-12-4-2-1-3-11(12)13(15)17/h1-7H,8H2,(H2,15,17). The minimum absolute atomic E-state index is 0.227. The van der Waals surface area contributed by atoms with Gasteiger partial charge in [-0.15, -0.1) is 0 Å². The van der Waals surface area contributed by atoms with E-state index in [1.807, 2.05) is 0 Å². The predicted molar refractivity (Wildman–Crippen MR) is 68.5 cm³/mol. The van der Waals surface area contributed by atoms with Crippen LogP contribution in [0.25, 0.3) is 0 Å². The van der Waals surface area contributed by atoms with E-state index in [2.05, 4.69) is 4.98 Å². The van der Waals surface area contributed by atoms with Gasteiger partial charge in [-0.25, -0.2) is 0 Å². The zero-order chi connectivity index (χ0) is 13.0. The third kappa shape index (κ3) is 2.99. The molecule has 0 aliphatic heterocycles. The molecule has 4 nitrogen and oxygen atoms in total. The summed E-state index contributed by atoms with van der Waals surface area (Å²) in [4.78, 5) is 15.3. The average Bonchev–Trinajstić information content (AvgIpc) is 2.37. The number of rotatable bonds is 4. The summed E-state index contributed by atoms with van der Waals surface area (Å²) in [5.41, 5.74) is 6.28. The summed E-state index contributed by atoms with van der Waals surface area (Å²) >= 11 is 5.84. The number of hydrogen-bond acceptors (Lipinski definition) is 3. The van der Waals surface area contributed by atoms with Gasteiger partial charge in [-0.1, -0.05) is 23.7 Å². The number of para-hydroxylation sites is 1. The summed E-state index contributed by atoms with van der Waals surface area (Å²) in [5, 5.41) is 0.590. The molecule has 0 aliphatic rings. The first kappa shape index (κ1) is 12.4. The number of carbonyl (C=O) groups is 1.